The molecule has 0 bridgehead atoms. The Hall–Kier alpha value is -2.42. The highest BCUT2D eigenvalue weighted by Crippen LogP contribution is 2.35. The third kappa shape index (κ3) is 2.23. The maximum absolute atomic E-state index is 11.9. The molecule has 2 aromatic rings. The van der Waals surface area contributed by atoms with Gasteiger partial charge in [0.15, 0.2) is 0 Å². The van der Waals surface area contributed by atoms with Gasteiger partial charge in [0.05, 0.1) is 5.56 Å². The van der Waals surface area contributed by atoms with E-state index in [1.54, 1.807) is 0 Å². The fraction of sp³-hybridized carbons (Fsp3) is 0.176. The van der Waals surface area contributed by atoms with E-state index in [0.717, 1.165) is 16.7 Å². The third-order valence-corrected chi connectivity index (χ3v) is 3.45. The lowest BCUT2D eigenvalue weighted by Gasteiger charge is -2.08. The van der Waals surface area contributed by atoms with Crippen LogP contribution in [0.5, 0.6) is 0 Å². The summed E-state index contributed by atoms with van der Waals surface area (Å²) in [6.45, 7) is 1.50. The molecular formula is C17H14O3. The predicted octanol–water partition coefficient (Wildman–Crippen LogP) is 3.54. The maximum Gasteiger partial charge on any atom is 0.339 e. The molecule has 3 nitrogen and oxygen atoms in total. The topological polar surface area (TPSA) is 43.4 Å². The highest BCUT2D eigenvalue weighted by Gasteiger charge is 2.31. The molecular weight excluding hydrogens is 252 g/mol. The van der Waals surface area contributed by atoms with Crippen molar-refractivity contribution in [1.29, 1.82) is 0 Å². The molecule has 1 aliphatic rings. The number of Topliss-reactive ketones (excluding diaryl/α,β-unsaturated/α-hetero) is 1. The van der Waals surface area contributed by atoms with Crippen LogP contribution in [0.3, 0.4) is 0 Å². The zero-order valence-electron chi connectivity index (χ0n) is 11.1. The molecule has 1 aliphatic heterocycles. The van der Waals surface area contributed by atoms with Gasteiger partial charge in [0.1, 0.15) is 11.9 Å². The standard InChI is InChI=1S/C17H14O3/c1-11(18)9-16-14-8-7-13(10-15(14)17(19)20-16)12-5-3-2-4-6-12/h2-8,10,16H,9H2,1H3/t16-/m1/s1. The van der Waals surface area contributed by atoms with Gasteiger partial charge in [-0.15, -0.1) is 0 Å². The predicted molar refractivity (Wildman–Crippen MR) is 75.3 cm³/mol. The molecule has 1 heterocycles. The van der Waals surface area contributed by atoms with E-state index in [4.69, 9.17) is 4.74 Å². The van der Waals surface area contributed by atoms with Crippen molar-refractivity contribution in [1.82, 2.24) is 0 Å². The molecule has 0 saturated heterocycles. The number of ether oxygens (including phenoxy) is 1. The SMILES string of the molecule is CC(=O)C[C@H]1OC(=O)c2cc(-c3ccccc3)ccc21. The molecule has 0 radical (unpaired) electrons. The third-order valence-electron chi connectivity index (χ3n) is 3.45. The van der Waals surface area contributed by atoms with Crippen molar-refractivity contribution in [3.63, 3.8) is 0 Å². The minimum atomic E-state index is -0.431. The van der Waals surface area contributed by atoms with Crippen LogP contribution in [-0.2, 0) is 9.53 Å². The molecule has 3 heteroatoms. The van der Waals surface area contributed by atoms with Crippen LogP contribution in [-0.4, -0.2) is 11.8 Å². The van der Waals surface area contributed by atoms with Gasteiger partial charge in [-0.1, -0.05) is 42.5 Å². The Balaban J connectivity index is 2.00. The van der Waals surface area contributed by atoms with Crippen LogP contribution in [0.4, 0.5) is 0 Å². The molecule has 3 rings (SSSR count). The average molecular weight is 266 g/mol. The Bertz CT molecular complexity index is 674. The van der Waals surface area contributed by atoms with Crippen LogP contribution < -0.4 is 0 Å². The molecule has 0 fully saturated rings. The van der Waals surface area contributed by atoms with Gasteiger partial charge in [0, 0.05) is 12.0 Å². The van der Waals surface area contributed by atoms with Crippen LogP contribution in [0.1, 0.15) is 35.4 Å². The second-order valence-corrected chi connectivity index (χ2v) is 4.97. The summed E-state index contributed by atoms with van der Waals surface area (Å²) in [4.78, 5) is 23.1. The molecule has 0 aliphatic carbocycles. The summed E-state index contributed by atoms with van der Waals surface area (Å²) in [5, 5.41) is 0. The minimum absolute atomic E-state index is 0.0165. The Morgan fingerprint density at radius 3 is 2.55 bits per heavy atom. The van der Waals surface area contributed by atoms with Crippen LogP contribution >= 0.6 is 0 Å². The second kappa shape index (κ2) is 4.93. The molecule has 1 atom stereocenters. The summed E-state index contributed by atoms with van der Waals surface area (Å²) < 4.78 is 5.27. The van der Waals surface area contributed by atoms with Crippen molar-refractivity contribution in [3.05, 3.63) is 59.7 Å². The van der Waals surface area contributed by atoms with Gasteiger partial charge in [0.25, 0.3) is 0 Å². The molecule has 0 N–H and O–H groups in total. The van der Waals surface area contributed by atoms with Gasteiger partial charge in [-0.2, -0.15) is 0 Å². The maximum atomic E-state index is 11.9. The number of carbonyl (C=O) groups excluding carboxylic acids is 2. The van der Waals surface area contributed by atoms with E-state index in [2.05, 4.69) is 0 Å². The number of hydrogen-bond donors (Lipinski definition) is 0. The number of ketones is 1. The molecule has 0 aromatic heterocycles. The number of cyclic esters (lactones) is 1. The largest absolute Gasteiger partial charge is 0.453 e. The van der Waals surface area contributed by atoms with Crippen molar-refractivity contribution in [3.8, 4) is 11.1 Å². The van der Waals surface area contributed by atoms with Crippen molar-refractivity contribution in [2.75, 3.05) is 0 Å². The van der Waals surface area contributed by atoms with E-state index in [9.17, 15) is 9.59 Å². The summed E-state index contributed by atoms with van der Waals surface area (Å²) in [5.74, 6) is -0.327. The Morgan fingerprint density at radius 2 is 1.85 bits per heavy atom. The first-order valence-corrected chi connectivity index (χ1v) is 6.55. The smallest absolute Gasteiger partial charge is 0.339 e. The average Bonchev–Trinajstić information content (AvgIpc) is 2.75. The summed E-state index contributed by atoms with van der Waals surface area (Å²) in [5.41, 5.74) is 3.41. The van der Waals surface area contributed by atoms with Crippen molar-refractivity contribution in [2.45, 2.75) is 19.4 Å². The van der Waals surface area contributed by atoms with E-state index in [0.29, 0.717) is 5.56 Å². The first-order valence-electron chi connectivity index (χ1n) is 6.55. The molecule has 0 unspecified atom stereocenters. The fourth-order valence-electron chi connectivity index (χ4n) is 2.49. The van der Waals surface area contributed by atoms with E-state index in [-0.39, 0.29) is 18.2 Å². The highest BCUT2D eigenvalue weighted by atomic mass is 16.5. The lowest BCUT2D eigenvalue weighted by atomic mass is 9.96. The Morgan fingerprint density at radius 1 is 1.10 bits per heavy atom. The summed E-state index contributed by atoms with van der Waals surface area (Å²) in [6, 6.07) is 15.5. The summed E-state index contributed by atoms with van der Waals surface area (Å²) in [6.07, 6.45) is -0.191. The molecule has 0 spiro atoms. The van der Waals surface area contributed by atoms with Gasteiger partial charge >= 0.3 is 5.97 Å². The minimum Gasteiger partial charge on any atom is -0.453 e. The number of carbonyl (C=O) groups is 2. The van der Waals surface area contributed by atoms with Gasteiger partial charge in [-0.3, -0.25) is 4.79 Å². The quantitative estimate of drug-likeness (QED) is 0.798. The van der Waals surface area contributed by atoms with E-state index in [1.807, 2.05) is 48.5 Å². The lowest BCUT2D eigenvalue weighted by molar-refractivity contribution is -0.118. The van der Waals surface area contributed by atoms with Crippen LogP contribution in [0.2, 0.25) is 0 Å². The van der Waals surface area contributed by atoms with E-state index >= 15 is 0 Å². The fourth-order valence-corrected chi connectivity index (χ4v) is 2.49. The van der Waals surface area contributed by atoms with Crippen molar-refractivity contribution in [2.24, 2.45) is 0 Å². The summed E-state index contributed by atoms with van der Waals surface area (Å²) in [7, 11) is 0. The lowest BCUT2D eigenvalue weighted by Crippen LogP contribution is -2.03. The highest BCUT2D eigenvalue weighted by molar-refractivity contribution is 5.96. The first-order chi connectivity index (χ1) is 9.65. The number of rotatable bonds is 3. The Labute approximate surface area is 117 Å². The molecule has 100 valence electrons. The van der Waals surface area contributed by atoms with E-state index < -0.39 is 6.10 Å². The van der Waals surface area contributed by atoms with Gasteiger partial charge in [-0.05, 0) is 24.1 Å². The number of esters is 1. The molecule has 2 aromatic carbocycles. The zero-order valence-corrected chi connectivity index (χ0v) is 11.1. The summed E-state index contributed by atoms with van der Waals surface area (Å²) >= 11 is 0. The molecule has 20 heavy (non-hydrogen) atoms. The van der Waals surface area contributed by atoms with Crippen LogP contribution in [0.25, 0.3) is 11.1 Å². The normalized spacial score (nSPS) is 16.6. The van der Waals surface area contributed by atoms with Gasteiger partial charge < -0.3 is 4.74 Å². The molecule has 0 amide bonds. The Kier molecular flexibility index (Phi) is 3.11. The molecule has 0 saturated carbocycles. The zero-order chi connectivity index (χ0) is 14.1. The van der Waals surface area contributed by atoms with Crippen molar-refractivity contribution < 1.29 is 14.3 Å². The van der Waals surface area contributed by atoms with Gasteiger partial charge in [-0.25, -0.2) is 4.79 Å². The monoisotopic (exact) mass is 266 g/mol. The first kappa shape index (κ1) is 12.6. The van der Waals surface area contributed by atoms with Crippen molar-refractivity contribution >= 4 is 11.8 Å². The van der Waals surface area contributed by atoms with E-state index in [1.165, 1.54) is 6.92 Å². The number of hydrogen-bond acceptors (Lipinski definition) is 3. The number of fused-ring (bicyclic) bond motifs is 1. The second-order valence-electron chi connectivity index (χ2n) is 4.97. The van der Waals surface area contributed by atoms with Gasteiger partial charge in [0.2, 0.25) is 0 Å². The number of benzene rings is 2. The van der Waals surface area contributed by atoms with Crippen LogP contribution in [0, 0.1) is 0 Å². The van der Waals surface area contributed by atoms with Crippen LogP contribution in [0.15, 0.2) is 48.5 Å².